The first kappa shape index (κ1) is 30.7. The van der Waals surface area contributed by atoms with E-state index in [-0.39, 0.29) is 0 Å². The van der Waals surface area contributed by atoms with Crippen LogP contribution in [0, 0.1) is 0 Å². The Balaban J connectivity index is 1.13. The smallest absolute Gasteiger partial charge is 0.164 e. The highest BCUT2D eigenvalue weighted by molar-refractivity contribution is 7.26. The molecule has 0 saturated carbocycles. The molecule has 0 N–H and O–H groups in total. The lowest BCUT2D eigenvalue weighted by molar-refractivity contribution is 0.669. The van der Waals surface area contributed by atoms with Crippen LogP contribution in [-0.4, -0.2) is 15.0 Å². The van der Waals surface area contributed by atoms with Gasteiger partial charge in [-0.1, -0.05) is 140 Å². The van der Waals surface area contributed by atoms with E-state index in [9.17, 15) is 0 Å². The Bertz CT molecular complexity index is 3220. The Kier molecular flexibility index (Phi) is 7.00. The molecule has 4 nitrogen and oxygen atoms in total. The molecule has 0 radical (unpaired) electrons. The zero-order chi connectivity index (χ0) is 35.6. The maximum atomic E-state index is 6.31. The van der Waals surface area contributed by atoms with Crippen LogP contribution in [-0.2, 0) is 0 Å². The third kappa shape index (κ3) is 5.09. The van der Waals surface area contributed by atoms with Crippen LogP contribution in [0.4, 0.5) is 0 Å². The average molecular weight is 708 g/mol. The molecular weight excluding hydrogens is 679 g/mol. The van der Waals surface area contributed by atoms with Crippen LogP contribution in [0.2, 0.25) is 0 Å². The fraction of sp³-hybridized carbons (Fsp3) is 0. The van der Waals surface area contributed by atoms with Gasteiger partial charge in [-0.25, -0.2) is 15.0 Å². The summed E-state index contributed by atoms with van der Waals surface area (Å²) < 4.78 is 8.87. The predicted octanol–water partition coefficient (Wildman–Crippen LogP) is 13.6. The molecule has 5 heteroatoms. The lowest BCUT2D eigenvalue weighted by Crippen LogP contribution is -2.01. The summed E-state index contributed by atoms with van der Waals surface area (Å²) in [5.41, 5.74) is 9.02. The van der Waals surface area contributed by atoms with Crippen LogP contribution in [0.25, 0.3) is 109 Å². The summed E-state index contributed by atoms with van der Waals surface area (Å²) in [4.78, 5) is 15.6. The van der Waals surface area contributed by atoms with E-state index in [1.54, 1.807) is 0 Å². The molecule has 11 rings (SSSR count). The third-order valence-electron chi connectivity index (χ3n) is 10.3. The highest BCUT2D eigenvalue weighted by Gasteiger charge is 2.19. The molecule has 0 amide bonds. The zero-order valence-corrected chi connectivity index (χ0v) is 29.7. The van der Waals surface area contributed by atoms with Crippen molar-refractivity contribution in [3.63, 3.8) is 0 Å². The summed E-state index contributed by atoms with van der Waals surface area (Å²) in [7, 11) is 0. The van der Waals surface area contributed by atoms with Gasteiger partial charge in [-0.2, -0.15) is 0 Å². The number of hydrogen-bond donors (Lipinski definition) is 0. The van der Waals surface area contributed by atoms with Crippen molar-refractivity contribution in [2.45, 2.75) is 0 Å². The van der Waals surface area contributed by atoms with Gasteiger partial charge in [0.15, 0.2) is 17.5 Å². The number of para-hydroxylation sites is 1. The first-order chi connectivity index (χ1) is 26.7. The molecule has 0 saturated heterocycles. The van der Waals surface area contributed by atoms with Gasteiger partial charge in [0.2, 0.25) is 0 Å². The molecule has 11 aromatic rings. The fourth-order valence-electron chi connectivity index (χ4n) is 7.69. The number of benzene rings is 8. The number of fused-ring (bicyclic) bond motifs is 7. The van der Waals surface area contributed by atoms with E-state index in [1.807, 2.05) is 41.7 Å². The average Bonchev–Trinajstić information content (AvgIpc) is 3.82. The third-order valence-corrected chi connectivity index (χ3v) is 11.6. The van der Waals surface area contributed by atoms with E-state index in [1.165, 1.54) is 25.7 Å². The first-order valence-corrected chi connectivity index (χ1v) is 18.8. The van der Waals surface area contributed by atoms with Gasteiger partial charge in [0.1, 0.15) is 11.2 Å². The summed E-state index contributed by atoms with van der Waals surface area (Å²) >= 11 is 1.84. The Morgan fingerprint density at radius 2 is 0.981 bits per heavy atom. The summed E-state index contributed by atoms with van der Waals surface area (Å²) in [6, 6.07) is 61.6. The van der Waals surface area contributed by atoms with Gasteiger partial charge in [0.05, 0.1) is 0 Å². The van der Waals surface area contributed by atoms with E-state index in [4.69, 9.17) is 19.4 Å². The van der Waals surface area contributed by atoms with E-state index >= 15 is 0 Å². The Morgan fingerprint density at radius 3 is 1.85 bits per heavy atom. The Morgan fingerprint density at radius 1 is 0.352 bits per heavy atom. The van der Waals surface area contributed by atoms with Crippen molar-refractivity contribution >= 4 is 64.2 Å². The van der Waals surface area contributed by atoms with Crippen molar-refractivity contribution in [3.8, 4) is 56.4 Å². The van der Waals surface area contributed by atoms with Crippen LogP contribution >= 0.6 is 11.3 Å². The monoisotopic (exact) mass is 707 g/mol. The van der Waals surface area contributed by atoms with Crippen molar-refractivity contribution in [1.29, 1.82) is 0 Å². The molecule has 0 spiro atoms. The SMILES string of the molecule is c1ccc(-c2ccc(-c3nc(-c4ccc5c(c4)oc4ccccc45)nc(-c4cc(-c5cccc6c5sc5ccccc56)cc5ccccc45)n3)cc2)cc1. The van der Waals surface area contributed by atoms with Gasteiger partial charge >= 0.3 is 0 Å². The fourth-order valence-corrected chi connectivity index (χ4v) is 8.93. The standard InChI is InChI=1S/C49H29N3OS/c1-2-11-30(12-3-1)31-21-23-32(24-22-31)47-50-48(34-25-26-39-38-15-6-8-19-43(38)53-44(39)29-34)52-49(51-47)42-28-35(27-33-13-4-5-14-36(33)42)37-17-10-18-41-40-16-7-9-20-45(40)54-46(37)41/h1-29H. The summed E-state index contributed by atoms with van der Waals surface area (Å²) in [5.74, 6) is 1.82. The normalized spacial score (nSPS) is 11.7. The molecule has 0 aliphatic heterocycles. The lowest BCUT2D eigenvalue weighted by atomic mass is 9.95. The van der Waals surface area contributed by atoms with Crippen molar-refractivity contribution in [2.75, 3.05) is 0 Å². The second-order valence-corrected chi connectivity index (χ2v) is 14.6. The van der Waals surface area contributed by atoms with E-state index in [0.29, 0.717) is 17.5 Å². The van der Waals surface area contributed by atoms with Crippen LogP contribution in [0.15, 0.2) is 180 Å². The van der Waals surface area contributed by atoms with E-state index in [0.717, 1.165) is 66.1 Å². The van der Waals surface area contributed by atoms with Gasteiger partial charge in [-0.15, -0.1) is 11.3 Å². The summed E-state index contributed by atoms with van der Waals surface area (Å²) in [6.45, 7) is 0. The predicted molar refractivity (Wildman–Crippen MR) is 225 cm³/mol. The largest absolute Gasteiger partial charge is 0.456 e. The van der Waals surface area contributed by atoms with Crippen LogP contribution < -0.4 is 0 Å². The highest BCUT2D eigenvalue weighted by atomic mass is 32.1. The maximum absolute atomic E-state index is 6.31. The topological polar surface area (TPSA) is 51.8 Å². The molecule has 3 aromatic heterocycles. The minimum atomic E-state index is 0.589. The molecule has 3 heterocycles. The first-order valence-electron chi connectivity index (χ1n) is 18.0. The number of aromatic nitrogens is 3. The molecule has 0 aliphatic carbocycles. The molecule has 0 fully saturated rings. The van der Waals surface area contributed by atoms with Gasteiger partial charge in [-0.3, -0.25) is 0 Å². The number of rotatable bonds is 5. The van der Waals surface area contributed by atoms with Crippen molar-refractivity contribution in [3.05, 3.63) is 176 Å². The van der Waals surface area contributed by atoms with Crippen LogP contribution in [0.5, 0.6) is 0 Å². The molecule has 0 aliphatic rings. The highest BCUT2D eigenvalue weighted by Crippen LogP contribution is 2.42. The molecule has 0 unspecified atom stereocenters. The molecule has 8 aromatic carbocycles. The Hall–Kier alpha value is -6.95. The summed E-state index contributed by atoms with van der Waals surface area (Å²) in [6.07, 6.45) is 0. The van der Waals surface area contributed by atoms with Crippen molar-refractivity contribution in [1.82, 2.24) is 15.0 Å². The van der Waals surface area contributed by atoms with E-state index in [2.05, 4.69) is 146 Å². The van der Waals surface area contributed by atoms with Gasteiger partial charge < -0.3 is 4.42 Å². The summed E-state index contributed by atoms with van der Waals surface area (Å²) in [5, 5.41) is 6.92. The number of hydrogen-bond acceptors (Lipinski definition) is 5. The van der Waals surface area contributed by atoms with E-state index < -0.39 is 0 Å². The minimum Gasteiger partial charge on any atom is -0.456 e. The number of nitrogens with zero attached hydrogens (tertiary/aromatic N) is 3. The number of thiophene rings is 1. The molecule has 0 bridgehead atoms. The minimum absolute atomic E-state index is 0.589. The molecule has 54 heavy (non-hydrogen) atoms. The lowest BCUT2D eigenvalue weighted by Gasteiger charge is -2.13. The van der Waals surface area contributed by atoms with Gasteiger partial charge in [0.25, 0.3) is 0 Å². The Labute approximate surface area is 314 Å². The van der Waals surface area contributed by atoms with Gasteiger partial charge in [0, 0.05) is 47.6 Å². The van der Waals surface area contributed by atoms with Crippen LogP contribution in [0.1, 0.15) is 0 Å². The zero-order valence-electron chi connectivity index (χ0n) is 28.9. The molecular formula is C49H29N3OS. The second-order valence-electron chi connectivity index (χ2n) is 13.6. The molecule has 252 valence electrons. The molecule has 0 atom stereocenters. The number of furan rings is 1. The van der Waals surface area contributed by atoms with Gasteiger partial charge in [-0.05, 0) is 69.4 Å². The quantitative estimate of drug-likeness (QED) is 0.179. The maximum Gasteiger partial charge on any atom is 0.164 e. The van der Waals surface area contributed by atoms with Crippen molar-refractivity contribution in [2.24, 2.45) is 0 Å². The van der Waals surface area contributed by atoms with Crippen LogP contribution in [0.3, 0.4) is 0 Å². The second kappa shape index (κ2) is 12.3. The van der Waals surface area contributed by atoms with Crippen molar-refractivity contribution < 1.29 is 4.42 Å².